The summed E-state index contributed by atoms with van der Waals surface area (Å²) in [4.78, 5) is 28.6. The number of benzene rings is 2. The first-order valence-corrected chi connectivity index (χ1v) is 9.35. The van der Waals surface area contributed by atoms with Crippen LogP contribution in [0.5, 0.6) is 5.75 Å². The summed E-state index contributed by atoms with van der Waals surface area (Å²) in [5.74, 6) is -1.07. The highest BCUT2D eigenvalue weighted by atomic mass is 19.3. The summed E-state index contributed by atoms with van der Waals surface area (Å²) in [6.07, 6.45) is 0. The minimum atomic E-state index is -3.03. The van der Waals surface area contributed by atoms with Gasteiger partial charge in [-0.05, 0) is 36.8 Å². The maximum absolute atomic E-state index is 12.5. The van der Waals surface area contributed by atoms with E-state index in [-0.39, 0.29) is 23.8 Å². The number of amides is 2. The van der Waals surface area contributed by atoms with Gasteiger partial charge in [0, 0.05) is 31.9 Å². The zero-order valence-electron chi connectivity index (χ0n) is 16.1. The second-order valence-corrected chi connectivity index (χ2v) is 6.76. The van der Waals surface area contributed by atoms with Gasteiger partial charge in [-0.15, -0.1) is 0 Å². The van der Waals surface area contributed by atoms with E-state index in [9.17, 15) is 18.4 Å². The Morgan fingerprint density at radius 1 is 1.07 bits per heavy atom. The summed E-state index contributed by atoms with van der Waals surface area (Å²) in [5.41, 5.74) is 2.27. The van der Waals surface area contributed by atoms with Crippen LogP contribution in [0.25, 0.3) is 0 Å². The minimum absolute atomic E-state index is 0.0372. The quantitative estimate of drug-likeness (QED) is 0.806. The fourth-order valence-electron chi connectivity index (χ4n) is 3.25. The molecule has 1 fully saturated rings. The summed E-state index contributed by atoms with van der Waals surface area (Å²) in [6.45, 7) is 1.31. The highest BCUT2D eigenvalue weighted by molar-refractivity contribution is 5.98. The van der Waals surface area contributed by atoms with Gasteiger partial charge in [-0.2, -0.15) is 8.78 Å². The minimum Gasteiger partial charge on any atom is -0.434 e. The zero-order chi connectivity index (χ0) is 20.8. The number of halogens is 2. The molecule has 6 nitrogen and oxygen atoms in total. The van der Waals surface area contributed by atoms with E-state index < -0.39 is 12.5 Å². The molecule has 3 rings (SSSR count). The Morgan fingerprint density at radius 3 is 2.48 bits per heavy atom. The molecule has 0 bridgehead atoms. The third-order valence-corrected chi connectivity index (χ3v) is 4.75. The van der Waals surface area contributed by atoms with Crippen molar-refractivity contribution in [1.29, 1.82) is 0 Å². The SMILES string of the molecule is Cc1cccc(N2CCN(C(=O)CNC(=O)c3ccccc3OC(F)F)CC2)c1. The highest BCUT2D eigenvalue weighted by Gasteiger charge is 2.22. The molecule has 0 unspecified atom stereocenters. The molecule has 0 atom stereocenters. The number of alkyl halides is 2. The molecule has 8 heteroatoms. The van der Waals surface area contributed by atoms with Crippen LogP contribution in [0.15, 0.2) is 48.5 Å². The highest BCUT2D eigenvalue weighted by Crippen LogP contribution is 2.20. The molecule has 154 valence electrons. The topological polar surface area (TPSA) is 61.9 Å². The van der Waals surface area contributed by atoms with Crippen molar-refractivity contribution in [2.45, 2.75) is 13.5 Å². The maximum atomic E-state index is 12.5. The van der Waals surface area contributed by atoms with Crippen molar-refractivity contribution in [3.8, 4) is 5.75 Å². The lowest BCUT2D eigenvalue weighted by Gasteiger charge is -2.36. The monoisotopic (exact) mass is 403 g/mol. The lowest BCUT2D eigenvalue weighted by atomic mass is 10.2. The standard InChI is InChI=1S/C21H23F2N3O3/c1-15-5-4-6-16(13-15)25-9-11-26(12-10-25)19(27)14-24-20(28)17-7-2-3-8-18(17)29-21(22)23/h2-8,13,21H,9-12,14H2,1H3,(H,24,28). The van der Waals surface area contributed by atoms with E-state index in [0.717, 1.165) is 5.69 Å². The number of piperazine rings is 1. The van der Waals surface area contributed by atoms with Gasteiger partial charge in [0.1, 0.15) is 5.75 Å². The molecule has 1 N–H and O–H groups in total. The van der Waals surface area contributed by atoms with Gasteiger partial charge in [0.05, 0.1) is 12.1 Å². The predicted octanol–water partition coefficient (Wildman–Crippen LogP) is 2.68. The predicted molar refractivity (Wildman–Crippen MR) is 105 cm³/mol. The van der Waals surface area contributed by atoms with Gasteiger partial charge in [0.2, 0.25) is 5.91 Å². The molecule has 2 aromatic carbocycles. The van der Waals surface area contributed by atoms with Crippen LogP contribution in [-0.2, 0) is 4.79 Å². The van der Waals surface area contributed by atoms with Crippen LogP contribution in [0.4, 0.5) is 14.5 Å². The molecule has 0 aromatic heterocycles. The Morgan fingerprint density at radius 2 is 1.79 bits per heavy atom. The molecule has 0 saturated carbocycles. The summed E-state index contributed by atoms with van der Waals surface area (Å²) >= 11 is 0. The first-order valence-electron chi connectivity index (χ1n) is 9.35. The molecule has 0 spiro atoms. The number of anilines is 1. The van der Waals surface area contributed by atoms with E-state index in [4.69, 9.17) is 0 Å². The van der Waals surface area contributed by atoms with Crippen LogP contribution in [-0.4, -0.2) is 56.0 Å². The van der Waals surface area contributed by atoms with Crippen molar-refractivity contribution in [2.24, 2.45) is 0 Å². The van der Waals surface area contributed by atoms with Gasteiger partial charge in [-0.3, -0.25) is 9.59 Å². The third kappa shape index (κ3) is 5.43. The summed E-state index contributed by atoms with van der Waals surface area (Å²) in [7, 11) is 0. The number of ether oxygens (including phenoxy) is 1. The van der Waals surface area contributed by atoms with E-state index >= 15 is 0 Å². The van der Waals surface area contributed by atoms with E-state index in [1.807, 2.05) is 25.1 Å². The van der Waals surface area contributed by atoms with Crippen molar-refractivity contribution in [3.05, 3.63) is 59.7 Å². The van der Waals surface area contributed by atoms with Crippen LogP contribution >= 0.6 is 0 Å². The lowest BCUT2D eigenvalue weighted by Crippen LogP contribution is -2.51. The van der Waals surface area contributed by atoms with Crippen molar-refractivity contribution in [3.63, 3.8) is 0 Å². The van der Waals surface area contributed by atoms with E-state index in [1.165, 1.54) is 23.8 Å². The molecule has 0 aliphatic carbocycles. The van der Waals surface area contributed by atoms with Crippen LogP contribution in [0.1, 0.15) is 15.9 Å². The maximum Gasteiger partial charge on any atom is 0.387 e. The van der Waals surface area contributed by atoms with Gasteiger partial charge in [0.25, 0.3) is 5.91 Å². The van der Waals surface area contributed by atoms with Crippen LogP contribution < -0.4 is 15.0 Å². The van der Waals surface area contributed by atoms with Gasteiger partial charge < -0.3 is 19.9 Å². The van der Waals surface area contributed by atoms with Crippen molar-refractivity contribution in [1.82, 2.24) is 10.2 Å². The number of hydrogen-bond donors (Lipinski definition) is 1. The summed E-state index contributed by atoms with van der Waals surface area (Å²) < 4.78 is 29.3. The number of nitrogens with one attached hydrogen (secondary N) is 1. The van der Waals surface area contributed by atoms with Crippen LogP contribution in [0.3, 0.4) is 0 Å². The zero-order valence-corrected chi connectivity index (χ0v) is 16.1. The number of carbonyl (C=O) groups excluding carboxylic acids is 2. The number of aryl methyl sites for hydroxylation is 1. The number of nitrogens with zero attached hydrogens (tertiary/aromatic N) is 2. The molecular weight excluding hydrogens is 380 g/mol. The molecule has 2 aromatic rings. The molecule has 2 amide bonds. The average Bonchev–Trinajstić information content (AvgIpc) is 2.72. The fraction of sp³-hybridized carbons (Fsp3) is 0.333. The summed E-state index contributed by atoms with van der Waals surface area (Å²) in [6, 6.07) is 13.9. The summed E-state index contributed by atoms with van der Waals surface area (Å²) in [5, 5.41) is 2.49. The van der Waals surface area contributed by atoms with Gasteiger partial charge in [0.15, 0.2) is 0 Å². The Balaban J connectivity index is 1.51. The van der Waals surface area contributed by atoms with Gasteiger partial charge in [-0.25, -0.2) is 0 Å². The molecule has 29 heavy (non-hydrogen) atoms. The average molecular weight is 403 g/mol. The number of carbonyl (C=O) groups is 2. The number of hydrogen-bond acceptors (Lipinski definition) is 4. The normalized spacial score (nSPS) is 14.1. The molecular formula is C21H23F2N3O3. The molecule has 1 heterocycles. The Hall–Kier alpha value is -3.16. The molecule has 0 radical (unpaired) electrons. The second-order valence-electron chi connectivity index (χ2n) is 6.76. The lowest BCUT2D eigenvalue weighted by molar-refractivity contribution is -0.130. The second kappa shape index (κ2) is 9.36. The van der Waals surface area contributed by atoms with Crippen molar-refractivity contribution < 1.29 is 23.1 Å². The first-order chi connectivity index (χ1) is 13.9. The smallest absolute Gasteiger partial charge is 0.387 e. The van der Waals surface area contributed by atoms with Gasteiger partial charge in [-0.1, -0.05) is 24.3 Å². The number of rotatable bonds is 6. The van der Waals surface area contributed by atoms with Crippen LogP contribution in [0.2, 0.25) is 0 Å². The molecule has 1 aliphatic rings. The van der Waals surface area contributed by atoms with Gasteiger partial charge >= 0.3 is 6.61 Å². The van der Waals surface area contributed by atoms with E-state index in [0.29, 0.717) is 26.2 Å². The van der Waals surface area contributed by atoms with Crippen LogP contribution in [0, 0.1) is 6.92 Å². The van der Waals surface area contributed by atoms with E-state index in [1.54, 1.807) is 11.0 Å². The fourth-order valence-corrected chi connectivity index (χ4v) is 3.25. The Bertz CT molecular complexity index is 868. The number of para-hydroxylation sites is 1. The Labute approximate surface area is 168 Å². The first kappa shape index (κ1) is 20.6. The largest absolute Gasteiger partial charge is 0.434 e. The van der Waals surface area contributed by atoms with Crippen molar-refractivity contribution in [2.75, 3.05) is 37.6 Å². The van der Waals surface area contributed by atoms with Crippen molar-refractivity contribution >= 4 is 17.5 Å². The van der Waals surface area contributed by atoms with E-state index in [2.05, 4.69) is 21.0 Å². The Kier molecular flexibility index (Phi) is 6.64. The third-order valence-electron chi connectivity index (χ3n) is 4.75. The molecule has 1 saturated heterocycles. The molecule has 1 aliphatic heterocycles.